The van der Waals surface area contributed by atoms with Crippen LogP contribution < -0.4 is 5.32 Å². The molecule has 0 fully saturated rings. The van der Waals surface area contributed by atoms with Crippen molar-refractivity contribution in [2.45, 2.75) is 13.3 Å². The predicted molar refractivity (Wildman–Crippen MR) is 97.9 cm³/mol. The van der Waals surface area contributed by atoms with Crippen LogP contribution in [0.25, 0.3) is 16.9 Å². The van der Waals surface area contributed by atoms with Gasteiger partial charge in [0.2, 0.25) is 0 Å². The highest BCUT2D eigenvalue weighted by molar-refractivity contribution is 7.08. The van der Waals surface area contributed by atoms with Gasteiger partial charge in [-0.2, -0.15) is 0 Å². The number of fused-ring (bicyclic) bond motifs is 1. The summed E-state index contributed by atoms with van der Waals surface area (Å²) in [5.41, 5.74) is 3.16. The molecule has 0 saturated heterocycles. The molecule has 0 bridgehead atoms. The Balaban J connectivity index is 1.82. The number of hydrogen-bond donors (Lipinski definition) is 1. The number of benzene rings is 1. The Morgan fingerprint density at radius 1 is 1.16 bits per heavy atom. The second-order valence-electron chi connectivity index (χ2n) is 5.46. The van der Waals surface area contributed by atoms with Gasteiger partial charge in [0.1, 0.15) is 22.0 Å². The minimum Gasteiger partial charge on any atom is -0.305 e. The molecule has 0 aliphatic carbocycles. The van der Waals surface area contributed by atoms with Gasteiger partial charge in [0.15, 0.2) is 0 Å². The van der Waals surface area contributed by atoms with Crippen molar-refractivity contribution < 1.29 is 4.79 Å². The Hall–Kier alpha value is -3.06. The van der Waals surface area contributed by atoms with E-state index >= 15 is 0 Å². The highest BCUT2D eigenvalue weighted by Gasteiger charge is 2.20. The second kappa shape index (κ2) is 6.45. The molecule has 3 aromatic heterocycles. The largest absolute Gasteiger partial charge is 0.305 e. The molecule has 6 nitrogen and oxygen atoms in total. The first-order valence-electron chi connectivity index (χ1n) is 7.93. The van der Waals surface area contributed by atoms with Crippen molar-refractivity contribution >= 4 is 28.9 Å². The van der Waals surface area contributed by atoms with Gasteiger partial charge in [-0.15, -0.1) is 5.10 Å². The Kier molecular flexibility index (Phi) is 3.99. The van der Waals surface area contributed by atoms with E-state index in [4.69, 9.17) is 0 Å². The molecule has 0 saturated carbocycles. The first-order chi connectivity index (χ1) is 12.3. The summed E-state index contributed by atoms with van der Waals surface area (Å²) in [4.78, 5) is 18.0. The van der Waals surface area contributed by atoms with Gasteiger partial charge in [-0.1, -0.05) is 47.8 Å². The minimum absolute atomic E-state index is 0.213. The first kappa shape index (κ1) is 15.5. The summed E-state index contributed by atoms with van der Waals surface area (Å²) in [6, 6.07) is 15.5. The van der Waals surface area contributed by atoms with Crippen molar-refractivity contribution in [1.29, 1.82) is 0 Å². The number of aryl methyl sites for hydroxylation is 1. The van der Waals surface area contributed by atoms with Crippen LogP contribution in [0.3, 0.4) is 0 Å². The topological polar surface area (TPSA) is 72.2 Å². The Morgan fingerprint density at radius 2 is 1.96 bits per heavy atom. The van der Waals surface area contributed by atoms with E-state index in [1.165, 1.54) is 0 Å². The first-order valence-corrected chi connectivity index (χ1v) is 8.70. The molecule has 0 aliphatic heterocycles. The van der Waals surface area contributed by atoms with Crippen molar-refractivity contribution in [3.63, 3.8) is 0 Å². The van der Waals surface area contributed by atoms with Gasteiger partial charge >= 0.3 is 0 Å². The molecule has 3 heterocycles. The smallest absolute Gasteiger partial charge is 0.270 e. The van der Waals surface area contributed by atoms with Crippen LogP contribution in [-0.4, -0.2) is 24.9 Å². The number of anilines is 1. The molecule has 0 spiro atoms. The average molecular weight is 349 g/mol. The van der Waals surface area contributed by atoms with Gasteiger partial charge in [0.25, 0.3) is 5.91 Å². The average Bonchev–Trinajstić information content (AvgIpc) is 3.27. The van der Waals surface area contributed by atoms with Crippen LogP contribution in [-0.2, 0) is 6.42 Å². The number of nitrogens with one attached hydrogen (secondary N) is 1. The van der Waals surface area contributed by atoms with Crippen LogP contribution in [0.4, 0.5) is 5.82 Å². The molecule has 25 heavy (non-hydrogen) atoms. The molecule has 4 aromatic rings. The van der Waals surface area contributed by atoms with Crippen molar-refractivity contribution in [3.05, 3.63) is 65.3 Å². The van der Waals surface area contributed by atoms with Crippen molar-refractivity contribution in [2.24, 2.45) is 0 Å². The number of pyridine rings is 1. The van der Waals surface area contributed by atoms with Gasteiger partial charge in [-0.05, 0) is 30.1 Å². The van der Waals surface area contributed by atoms with E-state index in [0.29, 0.717) is 22.8 Å². The number of rotatable bonds is 4. The van der Waals surface area contributed by atoms with Gasteiger partial charge in [-0.25, -0.2) is 4.98 Å². The van der Waals surface area contributed by atoms with Crippen LogP contribution in [0.15, 0.2) is 54.7 Å². The normalized spacial score (nSPS) is 10.9. The van der Waals surface area contributed by atoms with E-state index in [2.05, 4.69) is 19.9 Å². The molecule has 4 rings (SSSR count). The second-order valence-corrected chi connectivity index (χ2v) is 6.21. The number of amides is 1. The summed E-state index contributed by atoms with van der Waals surface area (Å²) < 4.78 is 5.77. The molecule has 1 amide bonds. The maximum atomic E-state index is 12.8. The van der Waals surface area contributed by atoms with Crippen molar-refractivity contribution in [1.82, 2.24) is 19.0 Å². The Morgan fingerprint density at radius 3 is 2.76 bits per heavy atom. The highest BCUT2D eigenvalue weighted by Crippen LogP contribution is 2.29. The zero-order chi connectivity index (χ0) is 17.2. The minimum atomic E-state index is -0.213. The fourth-order valence-corrected chi connectivity index (χ4v) is 3.33. The standard InChI is InChI=1S/C18H15N5OS/c1-2-13-16(25-22-21-13)18(24)20-17-15(12-8-4-3-5-9-12)19-14-10-6-7-11-23(14)17/h3-11H,2H2,1H3,(H,20,24). The third-order valence-corrected chi connectivity index (χ3v) is 4.67. The molecule has 0 radical (unpaired) electrons. The molecule has 0 atom stereocenters. The Labute approximate surface area is 148 Å². The van der Waals surface area contributed by atoms with Crippen LogP contribution in [0.1, 0.15) is 22.3 Å². The van der Waals surface area contributed by atoms with Gasteiger partial charge in [0, 0.05) is 11.8 Å². The number of aromatic nitrogens is 4. The van der Waals surface area contributed by atoms with E-state index in [1.54, 1.807) is 0 Å². The fraction of sp³-hybridized carbons (Fsp3) is 0.111. The quantitative estimate of drug-likeness (QED) is 0.610. The maximum absolute atomic E-state index is 12.8. The zero-order valence-corrected chi connectivity index (χ0v) is 14.3. The van der Waals surface area contributed by atoms with Crippen molar-refractivity contribution in [2.75, 3.05) is 5.32 Å². The van der Waals surface area contributed by atoms with Crippen molar-refractivity contribution in [3.8, 4) is 11.3 Å². The lowest BCUT2D eigenvalue weighted by atomic mass is 10.1. The molecule has 7 heteroatoms. The predicted octanol–water partition coefficient (Wildman–Crippen LogP) is 3.67. The molecule has 0 unspecified atom stereocenters. The van der Waals surface area contributed by atoms with E-state index in [9.17, 15) is 4.79 Å². The third kappa shape index (κ3) is 2.78. The maximum Gasteiger partial charge on any atom is 0.270 e. The summed E-state index contributed by atoms with van der Waals surface area (Å²) >= 11 is 1.11. The lowest BCUT2D eigenvalue weighted by Crippen LogP contribution is -2.14. The van der Waals surface area contributed by atoms with Crippen LogP contribution in [0, 0.1) is 0 Å². The number of nitrogens with zero attached hydrogens (tertiary/aromatic N) is 4. The summed E-state index contributed by atoms with van der Waals surface area (Å²) in [6.45, 7) is 1.96. The third-order valence-electron chi connectivity index (χ3n) is 3.91. The molecule has 124 valence electrons. The summed E-state index contributed by atoms with van der Waals surface area (Å²) in [5, 5.41) is 7.01. The number of carbonyl (C=O) groups excluding carboxylic acids is 1. The number of imidazole rings is 1. The van der Waals surface area contributed by atoms with E-state index < -0.39 is 0 Å². The fourth-order valence-electron chi connectivity index (χ4n) is 2.69. The van der Waals surface area contributed by atoms with E-state index in [0.717, 1.165) is 28.4 Å². The Bertz CT molecular complexity index is 1040. The van der Waals surface area contributed by atoms with Gasteiger partial charge in [0.05, 0.1) is 5.69 Å². The lowest BCUT2D eigenvalue weighted by Gasteiger charge is -2.07. The van der Waals surface area contributed by atoms with E-state index in [1.807, 2.05) is 66.1 Å². The number of carbonyl (C=O) groups is 1. The van der Waals surface area contributed by atoms with Crippen LogP contribution >= 0.6 is 11.5 Å². The highest BCUT2D eigenvalue weighted by atomic mass is 32.1. The van der Waals surface area contributed by atoms with Crippen LogP contribution in [0.5, 0.6) is 0 Å². The summed E-state index contributed by atoms with van der Waals surface area (Å²) in [6.07, 6.45) is 2.55. The van der Waals surface area contributed by atoms with Crippen LogP contribution in [0.2, 0.25) is 0 Å². The van der Waals surface area contributed by atoms with Gasteiger partial charge < -0.3 is 5.32 Å². The summed E-state index contributed by atoms with van der Waals surface area (Å²) in [5.74, 6) is 0.428. The number of hydrogen-bond acceptors (Lipinski definition) is 5. The summed E-state index contributed by atoms with van der Waals surface area (Å²) in [7, 11) is 0. The molecular formula is C18H15N5OS. The zero-order valence-electron chi connectivity index (χ0n) is 13.5. The molecule has 1 aromatic carbocycles. The van der Waals surface area contributed by atoms with E-state index in [-0.39, 0.29) is 5.91 Å². The SMILES string of the molecule is CCc1nnsc1C(=O)Nc1c(-c2ccccc2)nc2ccccn12. The molecular weight excluding hydrogens is 334 g/mol. The molecule has 1 N–H and O–H groups in total. The monoisotopic (exact) mass is 349 g/mol. The molecule has 0 aliphatic rings. The van der Waals surface area contributed by atoms with Gasteiger partial charge in [-0.3, -0.25) is 9.20 Å². The lowest BCUT2D eigenvalue weighted by molar-refractivity contribution is 0.102.